The van der Waals surface area contributed by atoms with E-state index in [1.165, 1.54) is 19.9 Å². The Morgan fingerprint density at radius 3 is 1.57 bits per heavy atom. The van der Waals surface area contributed by atoms with Gasteiger partial charge in [-0.15, -0.1) is 0 Å². The molecule has 1 aliphatic carbocycles. The minimum atomic E-state index is -0.798. The van der Waals surface area contributed by atoms with Crippen molar-refractivity contribution in [3.8, 4) is 22.6 Å². The van der Waals surface area contributed by atoms with Crippen LogP contribution in [0.25, 0.3) is 16.0 Å². The quantitative estimate of drug-likeness (QED) is 0.0507. The van der Waals surface area contributed by atoms with Crippen molar-refractivity contribution < 1.29 is 38.1 Å². The maximum absolute atomic E-state index is 12.7. The van der Waals surface area contributed by atoms with E-state index in [0.29, 0.717) is 35.6 Å². The fourth-order valence-electron chi connectivity index (χ4n) is 6.44. The van der Waals surface area contributed by atoms with E-state index in [0.717, 1.165) is 22.3 Å². The van der Waals surface area contributed by atoms with Crippen molar-refractivity contribution in [1.29, 1.82) is 0 Å². The standard InChI is InChI=1S/C46H42N2O8/c1-28(2)42(49)53-22-20-46(21-23-54-43(50)29(3)4)40-13-11-10-12-38(40)39-19-18-34(26-41(39)46)48(33-16-14-32(47-9)15-17-33)35-24-36(55-44(51)30(5)6)27-37(25-35)56-45(52)31(7)8/h10-19,24-27H,1,3,5,7,20-23H2,2,4,6,8H3. The van der Waals surface area contributed by atoms with Gasteiger partial charge in [0.25, 0.3) is 0 Å². The number of hydrogen-bond donors (Lipinski definition) is 0. The lowest BCUT2D eigenvalue weighted by atomic mass is 9.73. The van der Waals surface area contributed by atoms with Gasteiger partial charge in [-0.1, -0.05) is 68.8 Å². The molecule has 0 radical (unpaired) electrons. The molecule has 0 saturated carbocycles. The Balaban J connectivity index is 1.74. The molecule has 0 spiro atoms. The van der Waals surface area contributed by atoms with Crippen molar-refractivity contribution in [1.82, 2.24) is 0 Å². The van der Waals surface area contributed by atoms with E-state index in [4.69, 9.17) is 25.5 Å². The average Bonchev–Trinajstić information content (AvgIpc) is 3.43. The fraction of sp³-hybridized carbons (Fsp3) is 0.196. The van der Waals surface area contributed by atoms with Crippen LogP contribution in [0.1, 0.15) is 51.7 Å². The largest absolute Gasteiger partial charge is 0.462 e. The number of fused-ring (bicyclic) bond motifs is 3. The predicted octanol–water partition coefficient (Wildman–Crippen LogP) is 9.96. The van der Waals surface area contributed by atoms with Crippen molar-refractivity contribution in [3.63, 3.8) is 0 Å². The highest BCUT2D eigenvalue weighted by Gasteiger charge is 2.43. The van der Waals surface area contributed by atoms with Gasteiger partial charge in [-0.2, -0.15) is 0 Å². The number of ether oxygens (including phenoxy) is 4. The van der Waals surface area contributed by atoms with Crippen LogP contribution < -0.4 is 14.4 Å². The maximum atomic E-state index is 12.7. The number of nitrogens with zero attached hydrogens (tertiary/aromatic N) is 2. The Morgan fingerprint density at radius 1 is 0.589 bits per heavy atom. The van der Waals surface area contributed by atoms with E-state index >= 15 is 0 Å². The first kappa shape index (κ1) is 40.2. The van der Waals surface area contributed by atoms with Gasteiger partial charge in [-0.05, 0) is 87.1 Å². The Labute approximate surface area is 326 Å². The number of hydrogen-bond acceptors (Lipinski definition) is 9. The third-order valence-electron chi connectivity index (χ3n) is 9.21. The highest BCUT2D eigenvalue weighted by molar-refractivity contribution is 5.92. The van der Waals surface area contributed by atoms with E-state index in [1.807, 2.05) is 47.4 Å². The van der Waals surface area contributed by atoms with E-state index in [1.54, 1.807) is 50.2 Å². The molecule has 0 heterocycles. The topological polar surface area (TPSA) is 113 Å². The first-order valence-electron chi connectivity index (χ1n) is 17.7. The van der Waals surface area contributed by atoms with Crippen LogP contribution in [0.2, 0.25) is 0 Å². The van der Waals surface area contributed by atoms with Gasteiger partial charge < -0.3 is 23.8 Å². The molecule has 56 heavy (non-hydrogen) atoms. The summed E-state index contributed by atoms with van der Waals surface area (Å²) < 4.78 is 22.6. The van der Waals surface area contributed by atoms with Crippen LogP contribution in [-0.4, -0.2) is 37.1 Å². The average molecular weight is 751 g/mol. The van der Waals surface area contributed by atoms with Crippen LogP contribution in [0.3, 0.4) is 0 Å². The molecule has 0 atom stereocenters. The van der Waals surface area contributed by atoms with E-state index < -0.39 is 29.3 Å². The number of rotatable bonds is 15. The van der Waals surface area contributed by atoms with E-state index in [9.17, 15) is 19.2 Å². The van der Waals surface area contributed by atoms with Gasteiger partial charge in [0.2, 0.25) is 0 Å². The molecule has 1 aliphatic rings. The predicted molar refractivity (Wildman–Crippen MR) is 215 cm³/mol. The zero-order chi connectivity index (χ0) is 40.7. The highest BCUT2D eigenvalue weighted by atomic mass is 16.5. The second-order valence-corrected chi connectivity index (χ2v) is 13.7. The molecule has 4 aromatic rings. The van der Waals surface area contributed by atoms with Gasteiger partial charge >= 0.3 is 23.9 Å². The summed E-state index contributed by atoms with van der Waals surface area (Å²) in [6, 6.07) is 25.5. The third kappa shape index (κ3) is 8.69. The second kappa shape index (κ2) is 17.0. The van der Waals surface area contributed by atoms with Crippen LogP contribution in [0.4, 0.5) is 22.7 Å². The van der Waals surface area contributed by atoms with Gasteiger partial charge in [0, 0.05) is 57.3 Å². The summed E-state index contributed by atoms with van der Waals surface area (Å²) in [5, 5.41) is 0. The Hall–Kier alpha value is -6.99. The molecular formula is C46H42N2O8. The van der Waals surface area contributed by atoms with E-state index in [2.05, 4.69) is 31.2 Å². The monoisotopic (exact) mass is 750 g/mol. The summed E-state index contributed by atoms with van der Waals surface area (Å²) in [5.74, 6) is -2.20. The Bertz CT molecular complexity index is 2250. The molecule has 10 nitrogen and oxygen atoms in total. The lowest BCUT2D eigenvalue weighted by molar-refractivity contribution is -0.139. The molecule has 0 amide bonds. The molecule has 0 saturated heterocycles. The summed E-state index contributed by atoms with van der Waals surface area (Å²) in [7, 11) is 0. The number of anilines is 3. The zero-order valence-corrected chi connectivity index (χ0v) is 31.9. The highest BCUT2D eigenvalue weighted by Crippen LogP contribution is 2.54. The van der Waals surface area contributed by atoms with Crippen LogP contribution in [0.5, 0.6) is 11.5 Å². The molecule has 4 aromatic carbocycles. The van der Waals surface area contributed by atoms with Gasteiger partial charge in [-0.3, -0.25) is 0 Å². The van der Waals surface area contributed by atoms with E-state index in [-0.39, 0.29) is 47.0 Å². The second-order valence-electron chi connectivity index (χ2n) is 13.7. The van der Waals surface area contributed by atoms with Gasteiger partial charge in [0.15, 0.2) is 5.69 Å². The van der Waals surface area contributed by atoms with Gasteiger partial charge in [-0.25, -0.2) is 24.0 Å². The molecule has 0 bridgehead atoms. The van der Waals surface area contributed by atoms with Crippen molar-refractivity contribution in [2.45, 2.75) is 46.0 Å². The van der Waals surface area contributed by atoms with Gasteiger partial charge in [0.05, 0.1) is 25.5 Å². The van der Waals surface area contributed by atoms with Crippen molar-refractivity contribution in [2.75, 3.05) is 18.1 Å². The smallest absolute Gasteiger partial charge is 0.338 e. The zero-order valence-electron chi connectivity index (χ0n) is 31.9. The van der Waals surface area contributed by atoms with Crippen LogP contribution in [0.15, 0.2) is 134 Å². The molecule has 5 rings (SSSR count). The Morgan fingerprint density at radius 2 is 1.07 bits per heavy atom. The molecule has 0 fully saturated rings. The molecule has 284 valence electrons. The fourth-order valence-corrected chi connectivity index (χ4v) is 6.44. The summed E-state index contributed by atoms with van der Waals surface area (Å²) >= 11 is 0. The number of benzene rings is 4. The van der Waals surface area contributed by atoms with Crippen LogP contribution in [0, 0.1) is 6.57 Å². The minimum Gasteiger partial charge on any atom is -0.462 e. The molecule has 0 aromatic heterocycles. The van der Waals surface area contributed by atoms with Crippen LogP contribution >= 0.6 is 0 Å². The lowest BCUT2D eigenvalue weighted by Crippen LogP contribution is -2.30. The van der Waals surface area contributed by atoms with Crippen molar-refractivity contribution >= 4 is 46.6 Å². The first-order chi connectivity index (χ1) is 26.6. The van der Waals surface area contributed by atoms with Crippen LogP contribution in [-0.2, 0) is 34.1 Å². The maximum Gasteiger partial charge on any atom is 0.338 e. The Kier molecular flexibility index (Phi) is 12.2. The minimum absolute atomic E-state index is 0.0491. The third-order valence-corrected chi connectivity index (χ3v) is 9.21. The summed E-state index contributed by atoms with van der Waals surface area (Å²) in [6.45, 7) is 28.6. The molecule has 10 heteroatoms. The van der Waals surface area contributed by atoms with Crippen molar-refractivity contribution in [2.24, 2.45) is 0 Å². The summed E-state index contributed by atoms with van der Waals surface area (Å²) in [5.41, 5.74) is 5.99. The summed E-state index contributed by atoms with van der Waals surface area (Å²) in [6.07, 6.45) is 0.689. The SMILES string of the molecule is [C-]#[N+]c1ccc(N(c2cc(OC(=O)C(=C)C)cc(OC(=O)C(=C)C)c2)c2ccc3c(c2)C(CCOC(=O)C(=C)C)(CCOC(=O)C(=C)C)c2ccccc2-3)cc1. The molecule has 0 unspecified atom stereocenters. The summed E-state index contributed by atoms with van der Waals surface area (Å²) in [4.78, 5) is 56.0. The first-order valence-corrected chi connectivity index (χ1v) is 17.7. The lowest BCUT2D eigenvalue weighted by Gasteiger charge is -2.33. The molecule has 0 aliphatic heterocycles. The van der Waals surface area contributed by atoms with Gasteiger partial charge in [0.1, 0.15) is 11.5 Å². The molecule has 0 N–H and O–H groups in total. The number of esters is 4. The molecular weight excluding hydrogens is 709 g/mol. The van der Waals surface area contributed by atoms with Crippen molar-refractivity contribution in [3.05, 3.63) is 156 Å². The normalized spacial score (nSPS) is 11.8. The number of carbonyl (C=O) groups is 4. The number of carbonyl (C=O) groups excluding carboxylic acids is 4.